The lowest BCUT2D eigenvalue weighted by Crippen LogP contribution is -2.48. The highest BCUT2D eigenvalue weighted by molar-refractivity contribution is 5.97. The van der Waals surface area contributed by atoms with Gasteiger partial charge in [-0.3, -0.25) is 4.79 Å². The van der Waals surface area contributed by atoms with E-state index in [1.54, 1.807) is 0 Å². The van der Waals surface area contributed by atoms with Crippen molar-refractivity contribution in [3.63, 3.8) is 0 Å². The monoisotopic (exact) mass is 390 g/mol. The van der Waals surface area contributed by atoms with Crippen LogP contribution >= 0.6 is 0 Å². The van der Waals surface area contributed by atoms with E-state index in [0.29, 0.717) is 19.1 Å². The third kappa shape index (κ3) is 6.49. The lowest BCUT2D eigenvalue weighted by atomic mass is 9.78. The molecule has 5 nitrogen and oxygen atoms in total. The summed E-state index contributed by atoms with van der Waals surface area (Å²) in [5.74, 6) is 1.48. The summed E-state index contributed by atoms with van der Waals surface area (Å²) in [5.41, 5.74) is 0.112. The highest BCUT2D eigenvalue weighted by Gasteiger charge is 2.42. The molecule has 0 saturated heterocycles. The second kappa shape index (κ2) is 11.4. The van der Waals surface area contributed by atoms with Crippen molar-refractivity contribution < 1.29 is 14.3 Å². The Labute approximate surface area is 170 Å². The van der Waals surface area contributed by atoms with Gasteiger partial charge in [0.25, 0.3) is 5.91 Å². The lowest BCUT2D eigenvalue weighted by Gasteiger charge is -2.38. The van der Waals surface area contributed by atoms with Gasteiger partial charge in [-0.25, -0.2) is 0 Å². The third-order valence-corrected chi connectivity index (χ3v) is 5.76. The quantitative estimate of drug-likeness (QED) is 0.594. The molecular formula is C23H38N2O3. The Morgan fingerprint density at radius 1 is 1.11 bits per heavy atom. The normalized spacial score (nSPS) is 22.2. The van der Waals surface area contributed by atoms with Crippen LogP contribution in [0.5, 0.6) is 5.75 Å². The number of benzene rings is 1. The fourth-order valence-electron chi connectivity index (χ4n) is 3.67. The summed E-state index contributed by atoms with van der Waals surface area (Å²) in [7, 11) is 0. The summed E-state index contributed by atoms with van der Waals surface area (Å²) in [5, 5.41) is 3.07. The van der Waals surface area contributed by atoms with Gasteiger partial charge in [-0.1, -0.05) is 27.7 Å². The molecular weight excluding hydrogens is 352 g/mol. The molecule has 0 aromatic heterocycles. The van der Waals surface area contributed by atoms with Gasteiger partial charge in [0.1, 0.15) is 18.0 Å². The number of hydrogen-bond donors (Lipinski definition) is 1. The van der Waals surface area contributed by atoms with Crippen LogP contribution in [0.25, 0.3) is 0 Å². The van der Waals surface area contributed by atoms with Crippen molar-refractivity contribution in [2.45, 2.75) is 65.4 Å². The van der Waals surface area contributed by atoms with Crippen molar-refractivity contribution in [3.05, 3.63) is 24.3 Å². The number of carbonyl (C=O) groups is 1. The van der Waals surface area contributed by atoms with Gasteiger partial charge >= 0.3 is 0 Å². The van der Waals surface area contributed by atoms with Crippen LogP contribution in [0, 0.1) is 5.92 Å². The lowest BCUT2D eigenvalue weighted by molar-refractivity contribution is -0.147. The summed E-state index contributed by atoms with van der Waals surface area (Å²) >= 11 is 0. The van der Waals surface area contributed by atoms with Gasteiger partial charge in [-0.15, -0.1) is 0 Å². The van der Waals surface area contributed by atoms with Gasteiger partial charge in [-0.2, -0.15) is 0 Å². The predicted molar refractivity (Wildman–Crippen MR) is 115 cm³/mol. The third-order valence-electron chi connectivity index (χ3n) is 5.76. The molecule has 0 aliphatic heterocycles. The van der Waals surface area contributed by atoms with Crippen LogP contribution in [0.15, 0.2) is 24.3 Å². The molecule has 1 saturated carbocycles. The highest BCUT2D eigenvalue weighted by Crippen LogP contribution is 2.36. The number of carbonyl (C=O) groups excluding carboxylic acids is 1. The number of rotatable bonds is 11. The summed E-state index contributed by atoms with van der Waals surface area (Å²) in [4.78, 5) is 15.4. The molecule has 1 fully saturated rings. The molecule has 2 rings (SSSR count). The number of amides is 1. The Hall–Kier alpha value is -1.59. The van der Waals surface area contributed by atoms with E-state index in [2.05, 4.69) is 37.9 Å². The van der Waals surface area contributed by atoms with Gasteiger partial charge in [-0.05, 0) is 75.4 Å². The van der Waals surface area contributed by atoms with E-state index in [1.807, 2.05) is 24.3 Å². The average molecular weight is 391 g/mol. The van der Waals surface area contributed by atoms with Gasteiger partial charge in [0.2, 0.25) is 0 Å². The van der Waals surface area contributed by atoms with Crippen molar-refractivity contribution in [1.82, 2.24) is 4.90 Å². The minimum Gasteiger partial charge on any atom is -0.492 e. The Balaban J connectivity index is 1.91. The standard InChI is InChI=1S/C23H38N2O3/c1-5-17-28-23(14-12-19(4)13-15-23)22(26)24-20-8-10-21(11-9-20)27-18-16-25(6-2)7-3/h8-11,19H,5-7,12-18H2,1-4H3,(H,24,26). The van der Waals surface area contributed by atoms with Crippen molar-refractivity contribution >= 4 is 11.6 Å². The van der Waals surface area contributed by atoms with Crippen molar-refractivity contribution in [3.8, 4) is 5.75 Å². The largest absolute Gasteiger partial charge is 0.492 e. The summed E-state index contributed by atoms with van der Waals surface area (Å²) in [6.07, 6.45) is 4.59. The molecule has 28 heavy (non-hydrogen) atoms. The first-order valence-corrected chi connectivity index (χ1v) is 10.9. The predicted octanol–water partition coefficient (Wildman–Crippen LogP) is 4.72. The molecule has 1 N–H and O–H groups in total. The fourth-order valence-corrected chi connectivity index (χ4v) is 3.67. The Morgan fingerprint density at radius 2 is 1.75 bits per heavy atom. The molecule has 1 aliphatic rings. The maximum atomic E-state index is 13.0. The van der Waals surface area contributed by atoms with Gasteiger partial charge < -0.3 is 19.7 Å². The van der Waals surface area contributed by atoms with Crippen LogP contribution in [0.4, 0.5) is 5.69 Å². The van der Waals surface area contributed by atoms with Gasteiger partial charge in [0, 0.05) is 18.8 Å². The molecule has 0 radical (unpaired) electrons. The second-order valence-corrected chi connectivity index (χ2v) is 7.88. The zero-order chi connectivity index (χ0) is 20.4. The van der Waals surface area contributed by atoms with E-state index < -0.39 is 5.60 Å². The van der Waals surface area contributed by atoms with E-state index in [1.165, 1.54) is 0 Å². The number of hydrogen-bond acceptors (Lipinski definition) is 4. The summed E-state index contributed by atoms with van der Waals surface area (Å²) in [6, 6.07) is 7.65. The van der Waals surface area contributed by atoms with Crippen molar-refractivity contribution in [2.24, 2.45) is 5.92 Å². The zero-order valence-corrected chi connectivity index (χ0v) is 18.1. The molecule has 5 heteroatoms. The molecule has 158 valence electrons. The summed E-state index contributed by atoms with van der Waals surface area (Å²) < 4.78 is 11.9. The number of nitrogens with one attached hydrogen (secondary N) is 1. The van der Waals surface area contributed by atoms with Gasteiger partial charge in [0.15, 0.2) is 0 Å². The summed E-state index contributed by atoms with van der Waals surface area (Å²) in [6.45, 7) is 12.9. The minimum absolute atomic E-state index is 0.0111. The molecule has 1 aromatic carbocycles. The molecule has 1 aliphatic carbocycles. The van der Waals surface area contributed by atoms with Crippen LogP contribution in [-0.2, 0) is 9.53 Å². The smallest absolute Gasteiger partial charge is 0.256 e. The zero-order valence-electron chi connectivity index (χ0n) is 18.1. The Morgan fingerprint density at radius 3 is 2.32 bits per heavy atom. The fraction of sp³-hybridized carbons (Fsp3) is 0.696. The van der Waals surface area contributed by atoms with E-state index in [4.69, 9.17) is 9.47 Å². The topological polar surface area (TPSA) is 50.8 Å². The molecule has 1 amide bonds. The van der Waals surface area contributed by atoms with Crippen LogP contribution in [0.1, 0.15) is 59.8 Å². The van der Waals surface area contributed by atoms with E-state index in [0.717, 1.165) is 63.2 Å². The SMILES string of the molecule is CCCOC1(C(=O)Nc2ccc(OCCN(CC)CC)cc2)CCC(C)CC1. The highest BCUT2D eigenvalue weighted by atomic mass is 16.5. The second-order valence-electron chi connectivity index (χ2n) is 7.88. The number of ether oxygens (including phenoxy) is 2. The van der Waals surface area contributed by atoms with E-state index in [9.17, 15) is 4.79 Å². The van der Waals surface area contributed by atoms with Crippen molar-refractivity contribution in [2.75, 3.05) is 38.2 Å². The maximum absolute atomic E-state index is 13.0. The van der Waals surface area contributed by atoms with Gasteiger partial charge in [0.05, 0.1) is 0 Å². The first-order chi connectivity index (χ1) is 13.5. The first-order valence-electron chi connectivity index (χ1n) is 10.9. The Kier molecular flexibility index (Phi) is 9.26. The average Bonchev–Trinajstić information content (AvgIpc) is 2.72. The van der Waals surface area contributed by atoms with Crippen LogP contribution in [0.2, 0.25) is 0 Å². The maximum Gasteiger partial charge on any atom is 0.256 e. The molecule has 1 aromatic rings. The molecule has 0 spiro atoms. The van der Waals surface area contributed by atoms with Crippen LogP contribution < -0.4 is 10.1 Å². The van der Waals surface area contributed by atoms with Crippen molar-refractivity contribution in [1.29, 1.82) is 0 Å². The van der Waals surface area contributed by atoms with E-state index in [-0.39, 0.29) is 5.91 Å². The van der Waals surface area contributed by atoms with Crippen LogP contribution in [0.3, 0.4) is 0 Å². The molecule has 0 unspecified atom stereocenters. The minimum atomic E-state index is -0.679. The molecule has 0 heterocycles. The Bertz CT molecular complexity index is 571. The van der Waals surface area contributed by atoms with Crippen LogP contribution in [-0.4, -0.2) is 49.3 Å². The first kappa shape index (κ1) is 22.7. The number of likely N-dealkylation sites (N-methyl/N-ethyl adjacent to an activating group) is 1. The number of anilines is 1. The number of nitrogens with zero attached hydrogens (tertiary/aromatic N) is 1. The molecule has 0 bridgehead atoms. The van der Waals surface area contributed by atoms with E-state index >= 15 is 0 Å². The molecule has 0 atom stereocenters.